The Labute approximate surface area is 174 Å². The van der Waals surface area contributed by atoms with Crippen molar-refractivity contribution in [3.8, 4) is 22.9 Å². The van der Waals surface area contributed by atoms with E-state index in [1.807, 2.05) is 67.7 Å². The van der Waals surface area contributed by atoms with Gasteiger partial charge >= 0.3 is 0 Å². The van der Waals surface area contributed by atoms with E-state index in [0.29, 0.717) is 23.9 Å². The lowest BCUT2D eigenvalue weighted by Crippen LogP contribution is -2.18. The second kappa shape index (κ2) is 11.5. The molecule has 0 spiro atoms. The van der Waals surface area contributed by atoms with Gasteiger partial charge in [-0.3, -0.25) is 10.2 Å². The van der Waals surface area contributed by atoms with Crippen molar-refractivity contribution in [2.75, 3.05) is 19.5 Å². The summed E-state index contributed by atoms with van der Waals surface area (Å²) < 4.78 is 11.0. The summed E-state index contributed by atoms with van der Waals surface area (Å²) in [5.41, 5.74) is 5.44. The fourth-order valence-corrected chi connectivity index (χ4v) is 2.73. The van der Waals surface area contributed by atoms with Crippen molar-refractivity contribution in [3.05, 3.63) is 71.2 Å². The van der Waals surface area contributed by atoms with Crippen LogP contribution in [0, 0.1) is 0 Å². The molecule has 3 rings (SSSR count). The Hall–Kier alpha value is -3.29. The van der Waals surface area contributed by atoms with Crippen molar-refractivity contribution < 1.29 is 14.3 Å². The number of benzene rings is 2. The second-order valence-corrected chi connectivity index (χ2v) is 6.09. The third-order valence-electron chi connectivity index (χ3n) is 3.93. The van der Waals surface area contributed by atoms with E-state index in [9.17, 15) is 0 Å². The van der Waals surface area contributed by atoms with Gasteiger partial charge in [-0.2, -0.15) is 0 Å². The fraction of sp³-hybridized carbons (Fsp3) is 0.143. The van der Waals surface area contributed by atoms with Gasteiger partial charge in [0, 0.05) is 35.0 Å². The number of aromatic nitrogens is 1. The van der Waals surface area contributed by atoms with Crippen LogP contribution in [0.25, 0.3) is 11.3 Å². The Morgan fingerprint density at radius 1 is 1.10 bits per heavy atom. The lowest BCUT2D eigenvalue weighted by Gasteiger charge is -2.12. The van der Waals surface area contributed by atoms with E-state index >= 15 is 0 Å². The zero-order chi connectivity index (χ0) is 21.1. The van der Waals surface area contributed by atoms with Gasteiger partial charge in [0.05, 0.1) is 12.8 Å². The van der Waals surface area contributed by atoms with Gasteiger partial charge in [-0.15, -0.1) is 0 Å². The number of anilines is 1. The molecule has 1 heterocycles. The topological polar surface area (TPSA) is 98.5 Å². The number of rotatable bonds is 7. The summed E-state index contributed by atoms with van der Waals surface area (Å²) in [5, 5.41) is 3.79. The molecule has 0 fully saturated rings. The van der Waals surface area contributed by atoms with Crippen LogP contribution in [-0.2, 0) is 11.4 Å². The molecule has 0 aliphatic carbocycles. The molecule has 3 aromatic rings. The Kier molecular flexibility index (Phi) is 8.75. The van der Waals surface area contributed by atoms with Crippen molar-refractivity contribution in [3.63, 3.8) is 0 Å². The fourth-order valence-electron chi connectivity index (χ4n) is 2.50. The lowest BCUT2D eigenvalue weighted by atomic mass is 10.1. The Morgan fingerprint density at radius 3 is 2.41 bits per heavy atom. The van der Waals surface area contributed by atoms with Crippen LogP contribution in [0.4, 0.5) is 5.69 Å². The van der Waals surface area contributed by atoms with E-state index < -0.39 is 0 Å². The molecule has 1 aromatic heterocycles. The minimum absolute atomic E-state index is 0.342. The number of hydrogen-bond donors (Lipinski definition) is 3. The zero-order valence-electron chi connectivity index (χ0n) is 16.2. The summed E-state index contributed by atoms with van der Waals surface area (Å²) in [6, 6.07) is 19.2. The monoisotopic (exact) mass is 414 g/mol. The standard InChI is InChI=1S/C20H19ClN2O2.CH4N2O/c1-22-19-7-3-5-17(21)16(19)13-25-20-8-4-6-18(23-20)14-9-11-15(24-2)12-10-14;2-3-1-4/h3-12,22H,13H2,1-2H3;1H,2H2,(H,3,4). The van der Waals surface area contributed by atoms with E-state index in [1.165, 1.54) is 0 Å². The van der Waals surface area contributed by atoms with Crippen molar-refractivity contribution in [2.45, 2.75) is 6.61 Å². The summed E-state index contributed by atoms with van der Waals surface area (Å²) in [6.07, 6.45) is 0.403. The minimum atomic E-state index is 0.342. The van der Waals surface area contributed by atoms with Gasteiger partial charge in [0.1, 0.15) is 12.4 Å². The van der Waals surface area contributed by atoms with Gasteiger partial charge in [0.2, 0.25) is 12.3 Å². The van der Waals surface area contributed by atoms with Crippen molar-refractivity contribution in [1.82, 2.24) is 10.4 Å². The van der Waals surface area contributed by atoms with Crippen LogP contribution in [-0.4, -0.2) is 25.6 Å². The molecule has 0 saturated carbocycles. The van der Waals surface area contributed by atoms with Crippen molar-refractivity contribution in [1.29, 1.82) is 0 Å². The molecule has 8 heteroatoms. The molecule has 7 nitrogen and oxygen atoms in total. The number of carbonyl (C=O) groups excluding carboxylic acids is 1. The van der Waals surface area contributed by atoms with Crippen LogP contribution < -0.4 is 26.1 Å². The van der Waals surface area contributed by atoms with Crippen LogP contribution in [0.2, 0.25) is 5.02 Å². The molecular weight excluding hydrogens is 392 g/mol. The smallest absolute Gasteiger partial charge is 0.221 e. The van der Waals surface area contributed by atoms with Gasteiger partial charge in [-0.1, -0.05) is 23.7 Å². The summed E-state index contributed by atoms with van der Waals surface area (Å²) in [7, 11) is 3.51. The van der Waals surface area contributed by atoms with Crippen LogP contribution >= 0.6 is 11.6 Å². The number of carbonyl (C=O) groups is 1. The van der Waals surface area contributed by atoms with Gasteiger partial charge in [0.25, 0.3) is 0 Å². The average Bonchev–Trinajstić information content (AvgIpc) is 2.78. The largest absolute Gasteiger partial charge is 0.497 e. The number of nitrogens with two attached hydrogens (primary N) is 1. The molecule has 1 amide bonds. The second-order valence-electron chi connectivity index (χ2n) is 5.68. The molecule has 4 N–H and O–H groups in total. The third kappa shape index (κ3) is 6.38. The predicted molar refractivity (Wildman–Crippen MR) is 115 cm³/mol. The van der Waals surface area contributed by atoms with Gasteiger partial charge < -0.3 is 14.8 Å². The average molecular weight is 415 g/mol. The number of amides is 1. The summed E-state index contributed by atoms with van der Waals surface area (Å²) in [4.78, 5) is 13.5. The predicted octanol–water partition coefficient (Wildman–Crippen LogP) is 3.64. The van der Waals surface area contributed by atoms with Crippen LogP contribution in [0.5, 0.6) is 11.6 Å². The van der Waals surface area contributed by atoms with E-state index in [2.05, 4.69) is 16.1 Å². The number of nitrogens with zero attached hydrogens (tertiary/aromatic N) is 1. The molecular formula is C21H23ClN4O3. The SMILES string of the molecule is CNc1cccc(Cl)c1COc1cccc(-c2ccc(OC)cc2)n1.NNC=O. The molecule has 0 aliphatic heterocycles. The summed E-state index contributed by atoms with van der Waals surface area (Å²) in [5.74, 6) is 5.78. The number of nitrogens with one attached hydrogen (secondary N) is 2. The summed E-state index contributed by atoms with van der Waals surface area (Å²) in [6.45, 7) is 0.342. The van der Waals surface area contributed by atoms with Crippen LogP contribution in [0.3, 0.4) is 0 Å². The quantitative estimate of drug-likeness (QED) is 0.236. The maximum absolute atomic E-state index is 8.94. The normalized spacial score (nSPS) is 9.66. The molecule has 0 atom stereocenters. The highest BCUT2D eigenvalue weighted by molar-refractivity contribution is 6.31. The highest BCUT2D eigenvalue weighted by atomic mass is 35.5. The first-order valence-corrected chi connectivity index (χ1v) is 9.10. The molecule has 0 radical (unpaired) electrons. The first kappa shape index (κ1) is 22.0. The summed E-state index contributed by atoms with van der Waals surface area (Å²) >= 11 is 6.28. The first-order valence-electron chi connectivity index (χ1n) is 8.72. The van der Waals surface area contributed by atoms with Gasteiger partial charge in [-0.25, -0.2) is 10.8 Å². The van der Waals surface area contributed by atoms with Gasteiger partial charge in [0.15, 0.2) is 0 Å². The maximum atomic E-state index is 8.94. The van der Waals surface area contributed by atoms with E-state index in [4.69, 9.17) is 25.9 Å². The maximum Gasteiger partial charge on any atom is 0.221 e. The zero-order valence-corrected chi connectivity index (χ0v) is 16.9. The van der Waals surface area contributed by atoms with E-state index in [1.54, 1.807) is 12.5 Å². The Morgan fingerprint density at radius 2 is 1.79 bits per heavy atom. The highest BCUT2D eigenvalue weighted by Gasteiger charge is 2.08. The number of hydrogen-bond acceptors (Lipinski definition) is 6. The molecule has 29 heavy (non-hydrogen) atoms. The van der Waals surface area contributed by atoms with Crippen molar-refractivity contribution in [2.24, 2.45) is 5.84 Å². The molecule has 2 aromatic carbocycles. The van der Waals surface area contributed by atoms with Crippen molar-refractivity contribution >= 4 is 23.7 Å². The van der Waals surface area contributed by atoms with E-state index in [0.717, 1.165) is 28.3 Å². The molecule has 0 bridgehead atoms. The number of hydrazine groups is 1. The minimum Gasteiger partial charge on any atom is -0.497 e. The van der Waals surface area contributed by atoms with Crippen LogP contribution in [0.15, 0.2) is 60.7 Å². The highest BCUT2D eigenvalue weighted by Crippen LogP contribution is 2.26. The third-order valence-corrected chi connectivity index (χ3v) is 4.28. The number of ether oxygens (including phenoxy) is 2. The first-order chi connectivity index (χ1) is 14.1. The molecule has 152 valence electrons. The van der Waals surface area contributed by atoms with Gasteiger partial charge in [-0.05, 0) is 42.5 Å². The number of halogens is 1. The molecule has 0 saturated heterocycles. The number of methoxy groups -OCH3 is 1. The number of pyridine rings is 1. The Bertz CT molecular complexity index is 920. The molecule has 0 aliphatic rings. The Balaban J connectivity index is 0.000000687. The van der Waals surface area contributed by atoms with E-state index in [-0.39, 0.29) is 0 Å². The lowest BCUT2D eigenvalue weighted by molar-refractivity contribution is -0.109. The van der Waals surface area contributed by atoms with Crippen LogP contribution in [0.1, 0.15) is 5.56 Å². The molecule has 0 unspecified atom stereocenters.